The summed E-state index contributed by atoms with van der Waals surface area (Å²) in [6.07, 6.45) is 1.61. The van der Waals surface area contributed by atoms with Gasteiger partial charge < -0.3 is 20.7 Å². The number of rotatable bonds is 7. The van der Waals surface area contributed by atoms with Crippen molar-refractivity contribution in [2.24, 2.45) is 0 Å². The Balaban J connectivity index is 1.74. The number of carbonyl (C=O) groups excluding carboxylic acids is 2. The van der Waals surface area contributed by atoms with E-state index in [0.717, 1.165) is 5.69 Å². The third-order valence-corrected chi connectivity index (χ3v) is 3.80. The van der Waals surface area contributed by atoms with Crippen LogP contribution in [-0.2, 0) is 9.53 Å². The Morgan fingerprint density at radius 3 is 2.41 bits per heavy atom. The second kappa shape index (κ2) is 9.32. The van der Waals surface area contributed by atoms with Crippen LogP contribution in [0, 0.1) is 0 Å². The minimum Gasteiger partial charge on any atom is -0.462 e. The second-order valence-corrected chi connectivity index (χ2v) is 6.04. The summed E-state index contributed by atoms with van der Waals surface area (Å²) in [4.78, 5) is 31.8. The highest BCUT2D eigenvalue weighted by atomic mass is 16.5. The molecule has 1 heterocycles. The molecule has 0 fully saturated rings. The molecule has 0 unspecified atom stereocenters. The molecule has 1 amide bonds. The summed E-state index contributed by atoms with van der Waals surface area (Å²) in [5.74, 6) is 0.370. The molecule has 3 rings (SSSR count). The first-order valence-electron chi connectivity index (χ1n) is 9.06. The summed E-state index contributed by atoms with van der Waals surface area (Å²) in [6, 6.07) is 16.0. The summed E-state index contributed by atoms with van der Waals surface area (Å²) in [7, 11) is 0. The number of para-hydroxylation sites is 1. The van der Waals surface area contributed by atoms with Gasteiger partial charge in [0.05, 0.1) is 17.9 Å². The third-order valence-electron chi connectivity index (χ3n) is 3.80. The van der Waals surface area contributed by atoms with Crippen LogP contribution in [0.4, 0.5) is 28.8 Å². The van der Waals surface area contributed by atoms with Crippen LogP contribution in [-0.4, -0.2) is 28.5 Å². The summed E-state index contributed by atoms with van der Waals surface area (Å²) in [5, 5.41) is 8.95. The lowest BCUT2D eigenvalue weighted by Gasteiger charge is -2.11. The highest BCUT2D eigenvalue weighted by Crippen LogP contribution is 2.22. The molecule has 2 aromatic carbocycles. The Morgan fingerprint density at radius 1 is 0.966 bits per heavy atom. The maximum Gasteiger partial charge on any atom is 0.340 e. The minimum absolute atomic E-state index is 0.125. The molecule has 3 aromatic rings. The summed E-state index contributed by atoms with van der Waals surface area (Å²) < 4.78 is 5.08. The topological polar surface area (TPSA) is 105 Å². The van der Waals surface area contributed by atoms with Crippen molar-refractivity contribution in [2.45, 2.75) is 13.8 Å². The molecule has 0 spiro atoms. The standard InChI is InChI=1S/C21H21N5O3/c1-3-29-20(28)17-6-4-5-7-18(17)25-21-22-13-12-19(26-21)24-16-10-8-15(9-11-16)23-14(2)27/h4-13H,3H2,1-2H3,(H,23,27)(H2,22,24,25,26). The maximum absolute atomic E-state index is 12.1. The number of amides is 1. The normalized spacial score (nSPS) is 10.1. The van der Waals surface area contributed by atoms with Crippen molar-refractivity contribution in [3.8, 4) is 0 Å². The smallest absolute Gasteiger partial charge is 0.340 e. The first-order chi connectivity index (χ1) is 14.0. The van der Waals surface area contributed by atoms with Gasteiger partial charge in [-0.15, -0.1) is 0 Å². The lowest BCUT2D eigenvalue weighted by atomic mass is 10.2. The molecule has 0 bridgehead atoms. The van der Waals surface area contributed by atoms with Crippen molar-refractivity contribution in [3.05, 3.63) is 66.4 Å². The fourth-order valence-electron chi connectivity index (χ4n) is 2.58. The van der Waals surface area contributed by atoms with E-state index in [0.29, 0.717) is 35.3 Å². The van der Waals surface area contributed by atoms with E-state index in [1.807, 2.05) is 18.2 Å². The number of nitrogens with zero attached hydrogens (tertiary/aromatic N) is 2. The van der Waals surface area contributed by atoms with Gasteiger partial charge in [0.2, 0.25) is 11.9 Å². The number of carbonyl (C=O) groups is 2. The molecule has 0 atom stereocenters. The molecule has 0 aliphatic rings. The number of hydrogen-bond donors (Lipinski definition) is 3. The van der Waals surface area contributed by atoms with Crippen molar-refractivity contribution >= 4 is 40.7 Å². The van der Waals surface area contributed by atoms with E-state index in [4.69, 9.17) is 4.74 Å². The van der Waals surface area contributed by atoms with Gasteiger partial charge in [0, 0.05) is 24.5 Å². The fourth-order valence-corrected chi connectivity index (χ4v) is 2.58. The maximum atomic E-state index is 12.1. The zero-order chi connectivity index (χ0) is 20.6. The van der Waals surface area contributed by atoms with E-state index in [2.05, 4.69) is 25.9 Å². The van der Waals surface area contributed by atoms with E-state index in [9.17, 15) is 9.59 Å². The molecular weight excluding hydrogens is 370 g/mol. The number of anilines is 5. The van der Waals surface area contributed by atoms with Gasteiger partial charge in [-0.05, 0) is 49.4 Å². The molecule has 8 heteroatoms. The van der Waals surface area contributed by atoms with Crippen LogP contribution in [0.15, 0.2) is 60.8 Å². The summed E-state index contributed by atoms with van der Waals surface area (Å²) in [5.41, 5.74) is 2.48. The molecule has 0 aliphatic carbocycles. The quantitative estimate of drug-likeness (QED) is 0.521. The van der Waals surface area contributed by atoms with E-state index < -0.39 is 5.97 Å². The lowest BCUT2D eigenvalue weighted by Crippen LogP contribution is -2.09. The van der Waals surface area contributed by atoms with Gasteiger partial charge in [0.1, 0.15) is 5.82 Å². The molecule has 29 heavy (non-hydrogen) atoms. The molecule has 0 aliphatic heterocycles. The largest absolute Gasteiger partial charge is 0.462 e. The third kappa shape index (κ3) is 5.52. The molecular formula is C21H21N5O3. The number of ether oxygens (including phenoxy) is 1. The van der Waals surface area contributed by atoms with Gasteiger partial charge in [-0.1, -0.05) is 12.1 Å². The van der Waals surface area contributed by atoms with Crippen LogP contribution in [0.1, 0.15) is 24.2 Å². The van der Waals surface area contributed by atoms with Crippen molar-refractivity contribution in [1.29, 1.82) is 0 Å². The molecule has 0 saturated heterocycles. The van der Waals surface area contributed by atoms with Crippen molar-refractivity contribution < 1.29 is 14.3 Å². The fraction of sp³-hybridized carbons (Fsp3) is 0.143. The number of esters is 1. The number of benzene rings is 2. The molecule has 8 nitrogen and oxygen atoms in total. The summed E-state index contributed by atoms with van der Waals surface area (Å²) in [6.45, 7) is 3.51. The molecule has 1 aromatic heterocycles. The molecule has 148 valence electrons. The van der Waals surface area contributed by atoms with Crippen LogP contribution in [0.25, 0.3) is 0 Å². The Morgan fingerprint density at radius 2 is 1.69 bits per heavy atom. The van der Waals surface area contributed by atoms with E-state index in [1.165, 1.54) is 6.92 Å². The van der Waals surface area contributed by atoms with Crippen LogP contribution in [0.2, 0.25) is 0 Å². The van der Waals surface area contributed by atoms with Crippen LogP contribution in [0.5, 0.6) is 0 Å². The predicted molar refractivity (Wildman–Crippen MR) is 112 cm³/mol. The number of aromatic nitrogens is 2. The van der Waals surface area contributed by atoms with Crippen molar-refractivity contribution in [2.75, 3.05) is 22.6 Å². The SMILES string of the molecule is CCOC(=O)c1ccccc1Nc1nccc(Nc2ccc(NC(C)=O)cc2)n1. The first kappa shape index (κ1) is 19.8. The Bertz CT molecular complexity index is 1010. The van der Waals surface area contributed by atoms with E-state index in [1.54, 1.807) is 49.5 Å². The van der Waals surface area contributed by atoms with Gasteiger partial charge in [-0.25, -0.2) is 9.78 Å². The van der Waals surface area contributed by atoms with Gasteiger partial charge in [0.25, 0.3) is 0 Å². The number of hydrogen-bond acceptors (Lipinski definition) is 7. The summed E-state index contributed by atoms with van der Waals surface area (Å²) >= 11 is 0. The Labute approximate surface area is 168 Å². The second-order valence-electron chi connectivity index (χ2n) is 6.04. The molecule has 0 radical (unpaired) electrons. The molecule has 0 saturated carbocycles. The zero-order valence-electron chi connectivity index (χ0n) is 16.1. The first-order valence-corrected chi connectivity index (χ1v) is 9.06. The average molecular weight is 391 g/mol. The van der Waals surface area contributed by atoms with Gasteiger partial charge in [-0.2, -0.15) is 4.98 Å². The van der Waals surface area contributed by atoms with Crippen LogP contribution >= 0.6 is 0 Å². The lowest BCUT2D eigenvalue weighted by molar-refractivity contribution is -0.114. The zero-order valence-corrected chi connectivity index (χ0v) is 16.1. The van der Waals surface area contributed by atoms with Crippen LogP contribution in [0.3, 0.4) is 0 Å². The van der Waals surface area contributed by atoms with Gasteiger partial charge in [0.15, 0.2) is 0 Å². The Hall–Kier alpha value is -3.94. The van der Waals surface area contributed by atoms with Gasteiger partial charge in [-0.3, -0.25) is 4.79 Å². The van der Waals surface area contributed by atoms with Gasteiger partial charge >= 0.3 is 5.97 Å². The monoisotopic (exact) mass is 391 g/mol. The predicted octanol–water partition coefficient (Wildman–Crippen LogP) is 4.10. The highest BCUT2D eigenvalue weighted by Gasteiger charge is 2.13. The van der Waals surface area contributed by atoms with Crippen molar-refractivity contribution in [3.63, 3.8) is 0 Å². The van der Waals surface area contributed by atoms with Crippen LogP contribution < -0.4 is 16.0 Å². The average Bonchev–Trinajstić information content (AvgIpc) is 2.70. The van der Waals surface area contributed by atoms with Crippen molar-refractivity contribution in [1.82, 2.24) is 9.97 Å². The highest BCUT2D eigenvalue weighted by molar-refractivity contribution is 5.96. The number of nitrogens with one attached hydrogen (secondary N) is 3. The Kier molecular flexibility index (Phi) is 6.36. The van der Waals surface area contributed by atoms with E-state index in [-0.39, 0.29) is 5.91 Å². The molecule has 3 N–H and O–H groups in total. The van der Waals surface area contributed by atoms with E-state index >= 15 is 0 Å². The minimum atomic E-state index is -0.413.